The second-order valence-electron chi connectivity index (χ2n) is 5.14. The van der Waals surface area contributed by atoms with Gasteiger partial charge in [0.05, 0.1) is 0 Å². The van der Waals surface area contributed by atoms with E-state index in [1.807, 2.05) is 24.3 Å². The Labute approximate surface area is 136 Å². The molecule has 0 amide bonds. The lowest BCUT2D eigenvalue weighted by Crippen LogP contribution is -2.40. The molecule has 1 heterocycles. The number of rotatable bonds is 6. The lowest BCUT2D eigenvalue weighted by molar-refractivity contribution is 0.305. The van der Waals surface area contributed by atoms with Crippen molar-refractivity contribution in [2.24, 2.45) is 0 Å². The molecule has 0 atom stereocenters. The van der Waals surface area contributed by atoms with Gasteiger partial charge in [-0.15, -0.1) is 0 Å². The van der Waals surface area contributed by atoms with E-state index in [9.17, 15) is 0 Å². The van der Waals surface area contributed by atoms with Crippen LogP contribution >= 0.6 is 23.2 Å². The fourth-order valence-electron chi connectivity index (χ4n) is 2.60. The number of hydrogen-bond donors (Lipinski definition) is 1. The fourth-order valence-corrected chi connectivity index (χ4v) is 2.93. The number of pyridine rings is 1. The summed E-state index contributed by atoms with van der Waals surface area (Å²) in [6, 6.07) is 12.0. The average Bonchev–Trinajstić information content (AvgIpc) is 2.50. The van der Waals surface area contributed by atoms with Gasteiger partial charge in [0.1, 0.15) is 5.15 Å². The van der Waals surface area contributed by atoms with E-state index in [0.717, 1.165) is 30.0 Å². The van der Waals surface area contributed by atoms with Crippen LogP contribution in [0.4, 0.5) is 0 Å². The molecule has 0 fully saturated rings. The molecular formula is C17H20Cl2N2. The molecule has 0 saturated heterocycles. The first kappa shape index (κ1) is 16.3. The van der Waals surface area contributed by atoms with Crippen molar-refractivity contribution in [2.75, 3.05) is 0 Å². The maximum atomic E-state index is 6.00. The maximum Gasteiger partial charge on any atom is 0.129 e. The second kappa shape index (κ2) is 7.26. The third kappa shape index (κ3) is 3.97. The molecular weight excluding hydrogens is 303 g/mol. The van der Waals surface area contributed by atoms with Crippen LogP contribution in [0.25, 0.3) is 0 Å². The van der Waals surface area contributed by atoms with Crippen molar-refractivity contribution in [3.05, 3.63) is 63.9 Å². The Hall–Kier alpha value is -1.09. The predicted octanol–water partition coefficient (Wildman–Crippen LogP) is 5.19. The number of nitrogens with zero attached hydrogens (tertiary/aromatic N) is 1. The monoisotopic (exact) mass is 322 g/mol. The second-order valence-corrected chi connectivity index (χ2v) is 5.96. The lowest BCUT2D eigenvalue weighted by atomic mass is 9.84. The Kier molecular flexibility index (Phi) is 5.63. The lowest BCUT2D eigenvalue weighted by Gasteiger charge is -2.34. The van der Waals surface area contributed by atoms with Crippen molar-refractivity contribution in [3.8, 4) is 0 Å². The van der Waals surface area contributed by atoms with Crippen molar-refractivity contribution < 1.29 is 0 Å². The van der Waals surface area contributed by atoms with Gasteiger partial charge in [0.25, 0.3) is 0 Å². The summed E-state index contributed by atoms with van der Waals surface area (Å²) in [4.78, 5) is 4.02. The Balaban J connectivity index is 2.20. The standard InChI is InChI=1S/C17H20Cl2N2/c1-3-17(4-2,14-5-7-15(18)8-6-14)21-12-13-9-10-20-16(19)11-13/h5-11,21H,3-4,12H2,1-2H3. The van der Waals surface area contributed by atoms with Gasteiger partial charge < -0.3 is 5.32 Å². The van der Waals surface area contributed by atoms with Crippen molar-refractivity contribution in [3.63, 3.8) is 0 Å². The zero-order valence-corrected chi connectivity index (χ0v) is 13.9. The zero-order chi connectivity index (χ0) is 15.3. The van der Waals surface area contributed by atoms with Gasteiger partial charge in [0, 0.05) is 23.3 Å². The zero-order valence-electron chi connectivity index (χ0n) is 12.4. The molecule has 21 heavy (non-hydrogen) atoms. The van der Waals surface area contributed by atoms with Crippen LogP contribution in [0.15, 0.2) is 42.6 Å². The minimum atomic E-state index is -0.0552. The van der Waals surface area contributed by atoms with Gasteiger partial charge in [-0.2, -0.15) is 0 Å². The van der Waals surface area contributed by atoms with Crippen LogP contribution < -0.4 is 5.32 Å². The molecule has 1 N–H and O–H groups in total. The Morgan fingerprint density at radius 2 is 1.71 bits per heavy atom. The van der Waals surface area contributed by atoms with Gasteiger partial charge >= 0.3 is 0 Å². The van der Waals surface area contributed by atoms with Crippen molar-refractivity contribution in [1.82, 2.24) is 10.3 Å². The summed E-state index contributed by atoms with van der Waals surface area (Å²) >= 11 is 11.9. The van der Waals surface area contributed by atoms with Crippen LogP contribution in [-0.4, -0.2) is 4.98 Å². The number of aromatic nitrogens is 1. The smallest absolute Gasteiger partial charge is 0.129 e. The van der Waals surface area contributed by atoms with Crippen molar-refractivity contribution >= 4 is 23.2 Å². The van der Waals surface area contributed by atoms with Crippen LogP contribution in [0.5, 0.6) is 0 Å². The minimum Gasteiger partial charge on any atom is -0.303 e. The van der Waals surface area contributed by atoms with E-state index in [2.05, 4.69) is 36.3 Å². The third-order valence-electron chi connectivity index (χ3n) is 4.03. The van der Waals surface area contributed by atoms with Crippen LogP contribution in [0.1, 0.15) is 37.8 Å². The molecule has 0 unspecified atom stereocenters. The van der Waals surface area contributed by atoms with Crippen LogP contribution in [0, 0.1) is 0 Å². The van der Waals surface area contributed by atoms with Crippen LogP contribution in [-0.2, 0) is 12.1 Å². The van der Waals surface area contributed by atoms with Gasteiger partial charge in [-0.3, -0.25) is 0 Å². The van der Waals surface area contributed by atoms with E-state index in [1.54, 1.807) is 6.20 Å². The SMILES string of the molecule is CCC(CC)(NCc1ccnc(Cl)c1)c1ccc(Cl)cc1. The van der Waals surface area contributed by atoms with Gasteiger partial charge in [-0.1, -0.05) is 49.2 Å². The molecule has 0 radical (unpaired) electrons. The van der Waals surface area contributed by atoms with Crippen molar-refractivity contribution in [1.29, 1.82) is 0 Å². The minimum absolute atomic E-state index is 0.0552. The summed E-state index contributed by atoms with van der Waals surface area (Å²) in [5.74, 6) is 0. The molecule has 4 heteroatoms. The van der Waals surface area contributed by atoms with Gasteiger partial charge in [-0.25, -0.2) is 4.98 Å². The van der Waals surface area contributed by atoms with E-state index < -0.39 is 0 Å². The van der Waals surface area contributed by atoms with Gasteiger partial charge in [0.15, 0.2) is 0 Å². The Morgan fingerprint density at radius 1 is 1.05 bits per heavy atom. The van der Waals surface area contributed by atoms with E-state index in [-0.39, 0.29) is 5.54 Å². The quantitative estimate of drug-likeness (QED) is 0.740. The molecule has 2 rings (SSSR count). The topological polar surface area (TPSA) is 24.9 Å². The van der Waals surface area contributed by atoms with E-state index in [4.69, 9.17) is 23.2 Å². The van der Waals surface area contributed by atoms with Crippen LogP contribution in [0.3, 0.4) is 0 Å². The number of benzene rings is 1. The highest BCUT2D eigenvalue weighted by molar-refractivity contribution is 6.30. The molecule has 0 spiro atoms. The molecule has 0 aliphatic rings. The summed E-state index contributed by atoms with van der Waals surface area (Å²) in [5.41, 5.74) is 2.34. The van der Waals surface area contributed by atoms with E-state index in [0.29, 0.717) is 5.15 Å². The largest absolute Gasteiger partial charge is 0.303 e. The first-order valence-electron chi connectivity index (χ1n) is 7.21. The van der Waals surface area contributed by atoms with Gasteiger partial charge in [0.2, 0.25) is 0 Å². The third-order valence-corrected chi connectivity index (χ3v) is 4.48. The fraction of sp³-hybridized carbons (Fsp3) is 0.353. The highest BCUT2D eigenvalue weighted by Gasteiger charge is 2.27. The number of hydrogen-bond acceptors (Lipinski definition) is 2. The normalized spacial score (nSPS) is 11.6. The highest BCUT2D eigenvalue weighted by Crippen LogP contribution is 2.30. The van der Waals surface area contributed by atoms with E-state index >= 15 is 0 Å². The molecule has 2 aromatic rings. The summed E-state index contributed by atoms with van der Waals surface area (Å²) in [6.07, 6.45) is 3.75. The molecule has 0 aliphatic heterocycles. The summed E-state index contributed by atoms with van der Waals surface area (Å²) < 4.78 is 0. The maximum absolute atomic E-state index is 6.00. The molecule has 2 nitrogen and oxygen atoms in total. The molecule has 0 saturated carbocycles. The molecule has 1 aromatic heterocycles. The van der Waals surface area contributed by atoms with Crippen LogP contribution in [0.2, 0.25) is 10.2 Å². The first-order valence-corrected chi connectivity index (χ1v) is 7.96. The molecule has 0 bridgehead atoms. The van der Waals surface area contributed by atoms with E-state index in [1.165, 1.54) is 5.56 Å². The summed E-state index contributed by atoms with van der Waals surface area (Å²) in [7, 11) is 0. The summed E-state index contributed by atoms with van der Waals surface area (Å²) in [5, 5.41) is 4.97. The molecule has 1 aromatic carbocycles. The summed E-state index contributed by atoms with van der Waals surface area (Å²) in [6.45, 7) is 5.15. The highest BCUT2D eigenvalue weighted by atomic mass is 35.5. The number of nitrogens with one attached hydrogen (secondary N) is 1. The average molecular weight is 323 g/mol. The Morgan fingerprint density at radius 3 is 2.29 bits per heavy atom. The van der Waals surface area contributed by atoms with Crippen molar-refractivity contribution in [2.45, 2.75) is 38.8 Å². The predicted molar refractivity (Wildman–Crippen MR) is 89.8 cm³/mol. The number of halogens is 2. The Bertz CT molecular complexity index is 578. The molecule has 0 aliphatic carbocycles. The van der Waals surface area contributed by atoms with Gasteiger partial charge in [-0.05, 0) is 48.2 Å². The first-order chi connectivity index (χ1) is 10.1. The molecule has 112 valence electrons.